The number of halogens is 2. The molecule has 0 heterocycles. The van der Waals surface area contributed by atoms with Crippen LogP contribution >= 0.6 is 27.5 Å². The van der Waals surface area contributed by atoms with Gasteiger partial charge in [0, 0.05) is 24.3 Å². The molecule has 0 atom stereocenters. The Morgan fingerprint density at radius 2 is 2.13 bits per heavy atom. The number of benzene rings is 1. The van der Waals surface area contributed by atoms with E-state index in [1.807, 2.05) is 32.0 Å². The Kier molecular flexibility index (Phi) is 4.44. The summed E-state index contributed by atoms with van der Waals surface area (Å²) in [4.78, 5) is 0. The van der Waals surface area contributed by atoms with Crippen LogP contribution in [0.15, 0.2) is 22.7 Å². The molecule has 0 aliphatic rings. The van der Waals surface area contributed by atoms with Crippen LogP contribution in [-0.4, -0.2) is 18.3 Å². The molecule has 0 aromatic heterocycles. The van der Waals surface area contributed by atoms with Crippen LogP contribution < -0.4 is 5.32 Å². The quantitative estimate of drug-likeness (QED) is 0.890. The van der Waals surface area contributed by atoms with E-state index >= 15 is 0 Å². The van der Waals surface area contributed by atoms with Gasteiger partial charge in [-0.1, -0.05) is 31.5 Å². The molecule has 0 saturated heterocycles. The maximum atomic E-state index is 9.12. The predicted octanol–water partition coefficient (Wildman–Crippen LogP) is 3.53. The standard InChI is InChI=1S/C11H15BrClNO/c1-11(2,7-15)6-14-9-5-3-4-8(13)10(9)12/h3-5,14-15H,6-7H2,1-2H3. The van der Waals surface area contributed by atoms with E-state index in [1.165, 1.54) is 0 Å². The first-order valence-electron chi connectivity index (χ1n) is 4.75. The second-order valence-corrected chi connectivity index (χ2v) is 5.48. The first-order chi connectivity index (χ1) is 6.96. The van der Waals surface area contributed by atoms with Crippen LogP contribution in [0.2, 0.25) is 5.02 Å². The third-order valence-corrected chi connectivity index (χ3v) is 3.53. The molecule has 0 aliphatic heterocycles. The molecule has 0 fully saturated rings. The minimum atomic E-state index is -0.137. The highest BCUT2D eigenvalue weighted by Gasteiger charge is 2.16. The average molecular weight is 293 g/mol. The molecule has 1 aromatic carbocycles. The van der Waals surface area contributed by atoms with E-state index in [0.717, 1.165) is 10.2 Å². The van der Waals surface area contributed by atoms with Crippen LogP contribution in [0, 0.1) is 5.41 Å². The van der Waals surface area contributed by atoms with Crippen molar-refractivity contribution < 1.29 is 5.11 Å². The molecule has 0 spiro atoms. The van der Waals surface area contributed by atoms with Crippen LogP contribution in [-0.2, 0) is 0 Å². The van der Waals surface area contributed by atoms with Crippen molar-refractivity contribution in [1.82, 2.24) is 0 Å². The zero-order valence-corrected chi connectivity index (χ0v) is 11.2. The van der Waals surface area contributed by atoms with Gasteiger partial charge < -0.3 is 10.4 Å². The van der Waals surface area contributed by atoms with E-state index in [-0.39, 0.29) is 12.0 Å². The summed E-state index contributed by atoms with van der Waals surface area (Å²) in [7, 11) is 0. The molecule has 84 valence electrons. The first kappa shape index (κ1) is 12.8. The zero-order valence-electron chi connectivity index (χ0n) is 8.85. The summed E-state index contributed by atoms with van der Waals surface area (Å²) in [5.74, 6) is 0. The summed E-state index contributed by atoms with van der Waals surface area (Å²) in [6, 6.07) is 5.67. The fourth-order valence-corrected chi connectivity index (χ4v) is 1.61. The molecule has 0 unspecified atom stereocenters. The van der Waals surface area contributed by atoms with Gasteiger partial charge in [0.05, 0.1) is 9.50 Å². The van der Waals surface area contributed by atoms with Crippen LogP contribution in [0.25, 0.3) is 0 Å². The number of nitrogens with one attached hydrogen (secondary N) is 1. The van der Waals surface area contributed by atoms with Gasteiger partial charge in [-0.3, -0.25) is 0 Å². The third kappa shape index (κ3) is 3.67. The van der Waals surface area contributed by atoms with Crippen LogP contribution in [0.1, 0.15) is 13.8 Å². The molecule has 15 heavy (non-hydrogen) atoms. The van der Waals surface area contributed by atoms with Crippen LogP contribution in [0.4, 0.5) is 5.69 Å². The predicted molar refractivity (Wildman–Crippen MR) is 68.5 cm³/mol. The lowest BCUT2D eigenvalue weighted by Crippen LogP contribution is -2.26. The van der Waals surface area contributed by atoms with E-state index in [0.29, 0.717) is 11.6 Å². The number of aliphatic hydroxyl groups is 1. The minimum Gasteiger partial charge on any atom is -0.396 e. The Morgan fingerprint density at radius 3 is 2.73 bits per heavy atom. The highest BCUT2D eigenvalue weighted by molar-refractivity contribution is 9.10. The van der Waals surface area contributed by atoms with Crippen molar-refractivity contribution in [3.05, 3.63) is 27.7 Å². The van der Waals surface area contributed by atoms with Gasteiger partial charge in [-0.25, -0.2) is 0 Å². The molecule has 0 bridgehead atoms. The second-order valence-electron chi connectivity index (χ2n) is 4.28. The van der Waals surface area contributed by atoms with E-state index < -0.39 is 0 Å². The van der Waals surface area contributed by atoms with Crippen LogP contribution in [0.5, 0.6) is 0 Å². The minimum absolute atomic E-state index is 0.137. The van der Waals surface area contributed by atoms with Crippen molar-refractivity contribution in [2.24, 2.45) is 5.41 Å². The smallest absolute Gasteiger partial charge is 0.0593 e. The lowest BCUT2D eigenvalue weighted by molar-refractivity contribution is 0.171. The molecule has 1 aromatic rings. The summed E-state index contributed by atoms with van der Waals surface area (Å²) < 4.78 is 0.861. The Bertz CT molecular complexity index is 341. The largest absolute Gasteiger partial charge is 0.396 e. The molecule has 0 aliphatic carbocycles. The summed E-state index contributed by atoms with van der Waals surface area (Å²) in [5, 5.41) is 13.1. The van der Waals surface area contributed by atoms with Crippen molar-refractivity contribution in [2.75, 3.05) is 18.5 Å². The summed E-state index contributed by atoms with van der Waals surface area (Å²) in [5.41, 5.74) is 0.811. The average Bonchev–Trinajstić information content (AvgIpc) is 2.20. The maximum absolute atomic E-state index is 9.12. The highest BCUT2D eigenvalue weighted by atomic mass is 79.9. The van der Waals surface area contributed by atoms with E-state index in [4.69, 9.17) is 16.7 Å². The highest BCUT2D eigenvalue weighted by Crippen LogP contribution is 2.30. The van der Waals surface area contributed by atoms with Gasteiger partial charge in [0.2, 0.25) is 0 Å². The Morgan fingerprint density at radius 1 is 1.47 bits per heavy atom. The molecular weight excluding hydrogens is 277 g/mol. The topological polar surface area (TPSA) is 32.3 Å². The van der Waals surface area contributed by atoms with Crippen molar-refractivity contribution in [3.63, 3.8) is 0 Å². The molecule has 0 radical (unpaired) electrons. The van der Waals surface area contributed by atoms with E-state index in [9.17, 15) is 0 Å². The third-order valence-electron chi connectivity index (χ3n) is 2.14. The van der Waals surface area contributed by atoms with E-state index in [1.54, 1.807) is 0 Å². The number of anilines is 1. The van der Waals surface area contributed by atoms with Crippen molar-refractivity contribution in [1.29, 1.82) is 0 Å². The van der Waals surface area contributed by atoms with Gasteiger partial charge in [0.1, 0.15) is 0 Å². The molecular formula is C11H15BrClNO. The summed E-state index contributed by atoms with van der Waals surface area (Å²) in [6.45, 7) is 4.84. The number of aliphatic hydroxyl groups excluding tert-OH is 1. The SMILES string of the molecule is CC(C)(CO)CNc1cccc(Cl)c1Br. The summed E-state index contributed by atoms with van der Waals surface area (Å²) >= 11 is 9.37. The zero-order chi connectivity index (χ0) is 11.5. The Hall–Kier alpha value is -0.250. The second kappa shape index (κ2) is 5.19. The van der Waals surface area contributed by atoms with Gasteiger partial charge in [-0.05, 0) is 28.1 Å². The maximum Gasteiger partial charge on any atom is 0.0593 e. The lowest BCUT2D eigenvalue weighted by Gasteiger charge is -2.23. The van der Waals surface area contributed by atoms with Crippen molar-refractivity contribution in [3.8, 4) is 0 Å². The fraction of sp³-hybridized carbons (Fsp3) is 0.455. The number of rotatable bonds is 4. The van der Waals surface area contributed by atoms with Gasteiger partial charge in [-0.2, -0.15) is 0 Å². The van der Waals surface area contributed by atoms with Crippen LogP contribution in [0.3, 0.4) is 0 Å². The number of hydrogen-bond acceptors (Lipinski definition) is 2. The number of hydrogen-bond donors (Lipinski definition) is 2. The molecule has 1 rings (SSSR count). The van der Waals surface area contributed by atoms with Gasteiger partial charge in [0.15, 0.2) is 0 Å². The van der Waals surface area contributed by atoms with Gasteiger partial charge in [0.25, 0.3) is 0 Å². The normalized spacial score (nSPS) is 11.5. The van der Waals surface area contributed by atoms with Gasteiger partial charge in [-0.15, -0.1) is 0 Å². The van der Waals surface area contributed by atoms with Gasteiger partial charge >= 0.3 is 0 Å². The summed E-state index contributed by atoms with van der Waals surface area (Å²) in [6.07, 6.45) is 0. The monoisotopic (exact) mass is 291 g/mol. The molecule has 0 amide bonds. The fourth-order valence-electron chi connectivity index (χ4n) is 1.03. The van der Waals surface area contributed by atoms with Crippen molar-refractivity contribution in [2.45, 2.75) is 13.8 Å². The Labute approximate surface area is 104 Å². The first-order valence-corrected chi connectivity index (χ1v) is 5.92. The van der Waals surface area contributed by atoms with E-state index in [2.05, 4.69) is 21.2 Å². The van der Waals surface area contributed by atoms with Crippen molar-refractivity contribution >= 4 is 33.2 Å². The molecule has 2 N–H and O–H groups in total. The Balaban J connectivity index is 2.70. The molecule has 4 heteroatoms. The lowest BCUT2D eigenvalue weighted by atomic mass is 9.95. The molecule has 0 saturated carbocycles. The molecule has 2 nitrogen and oxygen atoms in total.